The minimum atomic E-state index is -0.718. The first-order chi connectivity index (χ1) is 15.0. The van der Waals surface area contributed by atoms with Crippen LogP contribution in [-0.2, 0) is 17.8 Å². The maximum absolute atomic E-state index is 13.7. The smallest absolute Gasteiger partial charge is 0.296 e. The van der Waals surface area contributed by atoms with E-state index in [2.05, 4.69) is 20.4 Å². The van der Waals surface area contributed by atoms with Crippen molar-refractivity contribution in [2.75, 3.05) is 0 Å². The highest BCUT2D eigenvalue weighted by Crippen LogP contribution is 2.35. The molecule has 5 rings (SSSR count). The minimum absolute atomic E-state index is 0.00412. The number of nitrogens with zero attached hydrogens (tertiary/aromatic N) is 5. The van der Waals surface area contributed by atoms with E-state index in [-0.39, 0.29) is 24.4 Å². The number of nitrogens with one attached hydrogen (secondary N) is 1. The minimum Gasteiger partial charge on any atom is -0.501 e. The quantitative estimate of drug-likeness (QED) is 0.643. The van der Waals surface area contributed by atoms with Crippen LogP contribution in [0.25, 0.3) is 5.69 Å². The number of fused-ring (bicyclic) bond motifs is 4. The Labute approximate surface area is 175 Å². The summed E-state index contributed by atoms with van der Waals surface area (Å²) >= 11 is 0. The van der Waals surface area contributed by atoms with E-state index in [1.807, 2.05) is 0 Å². The molecule has 2 bridgehead atoms. The van der Waals surface area contributed by atoms with Gasteiger partial charge in [0, 0.05) is 6.54 Å². The average Bonchev–Trinajstić information content (AvgIpc) is 3.30. The molecule has 2 N–H and O–H groups in total. The lowest BCUT2D eigenvalue weighted by atomic mass is 10.00. The predicted octanol–water partition coefficient (Wildman–Crippen LogP) is 1.22. The molecule has 3 aromatic rings. The van der Waals surface area contributed by atoms with Crippen molar-refractivity contribution in [2.24, 2.45) is 0 Å². The van der Waals surface area contributed by atoms with Crippen LogP contribution >= 0.6 is 0 Å². The van der Waals surface area contributed by atoms with E-state index >= 15 is 0 Å². The van der Waals surface area contributed by atoms with Gasteiger partial charge in [-0.2, -0.15) is 5.10 Å². The molecule has 31 heavy (non-hydrogen) atoms. The molecule has 1 amide bonds. The highest BCUT2D eigenvalue weighted by atomic mass is 19.1. The molecule has 1 fully saturated rings. The molecule has 1 aromatic carbocycles. The number of aromatic nitrogens is 5. The highest BCUT2D eigenvalue weighted by Gasteiger charge is 2.35. The maximum Gasteiger partial charge on any atom is 0.296 e. The van der Waals surface area contributed by atoms with Crippen LogP contribution in [0.15, 0.2) is 35.6 Å². The summed E-state index contributed by atoms with van der Waals surface area (Å²) in [6.07, 6.45) is 4.76. The third-order valence-electron chi connectivity index (χ3n) is 5.57. The molecule has 4 heterocycles. The zero-order chi connectivity index (χ0) is 21.5. The van der Waals surface area contributed by atoms with Crippen LogP contribution in [0.4, 0.5) is 4.39 Å². The second-order valence-electron chi connectivity index (χ2n) is 7.56. The molecular formula is C20H19FN6O4. The van der Waals surface area contributed by atoms with E-state index in [1.165, 1.54) is 40.1 Å². The lowest BCUT2D eigenvalue weighted by Gasteiger charge is -2.36. The molecule has 2 aliphatic rings. The molecule has 0 aliphatic carbocycles. The fourth-order valence-electron chi connectivity index (χ4n) is 4.06. The molecule has 10 nitrogen and oxygen atoms in total. The van der Waals surface area contributed by atoms with Gasteiger partial charge >= 0.3 is 0 Å². The topological polar surface area (TPSA) is 124 Å². The summed E-state index contributed by atoms with van der Waals surface area (Å²) in [6.45, 7) is 0.305. The van der Waals surface area contributed by atoms with Crippen LogP contribution < -0.4 is 10.9 Å². The first-order valence-corrected chi connectivity index (χ1v) is 9.92. The predicted molar refractivity (Wildman–Crippen MR) is 104 cm³/mol. The van der Waals surface area contributed by atoms with Gasteiger partial charge in [0.15, 0.2) is 5.69 Å². The van der Waals surface area contributed by atoms with Gasteiger partial charge in [0.2, 0.25) is 5.75 Å². The monoisotopic (exact) mass is 426 g/mol. The molecule has 11 heteroatoms. The molecule has 0 saturated carbocycles. The van der Waals surface area contributed by atoms with Crippen molar-refractivity contribution in [1.82, 2.24) is 29.6 Å². The van der Waals surface area contributed by atoms with Crippen molar-refractivity contribution < 1.29 is 19.0 Å². The Morgan fingerprint density at radius 3 is 3.03 bits per heavy atom. The molecule has 1 saturated heterocycles. The molecule has 160 valence electrons. The zero-order valence-electron chi connectivity index (χ0n) is 16.4. The second-order valence-corrected chi connectivity index (χ2v) is 7.56. The van der Waals surface area contributed by atoms with Gasteiger partial charge in [0.25, 0.3) is 11.5 Å². The van der Waals surface area contributed by atoms with E-state index in [1.54, 1.807) is 0 Å². The third kappa shape index (κ3) is 3.46. The molecule has 2 aromatic heterocycles. The number of halogens is 1. The standard InChI is InChI=1S/C20H19FN6O4/c21-12-5-4-11(14(6-12)27-10-22-9-24-27)7-23-19(29)16-17(28)20(30)26-8-13-2-1-3-15(31-13)18(26)25-16/h4-6,9-10,13,15,28H,1-3,7-8H2,(H,23,29). The summed E-state index contributed by atoms with van der Waals surface area (Å²) in [5.74, 6) is -1.52. The maximum atomic E-state index is 13.7. The van der Waals surface area contributed by atoms with E-state index in [9.17, 15) is 19.1 Å². The summed E-state index contributed by atoms with van der Waals surface area (Å²) in [4.78, 5) is 33.6. The van der Waals surface area contributed by atoms with Crippen LogP contribution in [0.5, 0.6) is 5.75 Å². The lowest BCUT2D eigenvalue weighted by Crippen LogP contribution is -2.42. The van der Waals surface area contributed by atoms with Crippen LogP contribution in [-0.4, -0.2) is 41.4 Å². The number of hydrogen-bond donors (Lipinski definition) is 2. The van der Waals surface area contributed by atoms with Gasteiger partial charge < -0.3 is 15.2 Å². The van der Waals surface area contributed by atoms with E-state index < -0.39 is 23.0 Å². The molecule has 2 unspecified atom stereocenters. The fourth-order valence-corrected chi connectivity index (χ4v) is 4.06. The molecule has 0 radical (unpaired) electrons. The van der Waals surface area contributed by atoms with Crippen molar-refractivity contribution in [2.45, 2.75) is 44.6 Å². The van der Waals surface area contributed by atoms with Crippen LogP contribution in [0.3, 0.4) is 0 Å². The summed E-state index contributed by atoms with van der Waals surface area (Å²) in [5.41, 5.74) is -0.0382. The Morgan fingerprint density at radius 2 is 2.23 bits per heavy atom. The molecular weight excluding hydrogens is 407 g/mol. The number of rotatable bonds is 4. The number of hydrogen-bond acceptors (Lipinski definition) is 7. The Balaban J connectivity index is 1.42. The van der Waals surface area contributed by atoms with Gasteiger partial charge in [-0.1, -0.05) is 6.07 Å². The van der Waals surface area contributed by atoms with Gasteiger partial charge in [-0.05, 0) is 37.0 Å². The van der Waals surface area contributed by atoms with Gasteiger partial charge in [0.1, 0.15) is 30.4 Å². The number of amides is 1. The summed E-state index contributed by atoms with van der Waals surface area (Å²) in [7, 11) is 0. The number of aromatic hydroxyl groups is 1. The summed E-state index contributed by atoms with van der Waals surface area (Å²) in [5, 5.41) is 17.0. The van der Waals surface area contributed by atoms with Gasteiger partial charge in [-0.25, -0.2) is 19.0 Å². The Morgan fingerprint density at radius 1 is 1.35 bits per heavy atom. The fraction of sp³-hybridized carbons (Fsp3) is 0.350. The largest absolute Gasteiger partial charge is 0.501 e. The average molecular weight is 426 g/mol. The van der Waals surface area contributed by atoms with E-state index in [0.717, 1.165) is 12.8 Å². The Bertz CT molecular complexity index is 1210. The van der Waals surface area contributed by atoms with Crippen molar-refractivity contribution in [3.63, 3.8) is 0 Å². The molecule has 2 atom stereocenters. The Hall–Kier alpha value is -3.60. The zero-order valence-corrected chi connectivity index (χ0v) is 16.4. The van der Waals surface area contributed by atoms with Crippen molar-refractivity contribution >= 4 is 5.91 Å². The second kappa shape index (κ2) is 7.58. The first kappa shape index (κ1) is 19.4. The number of ether oxygens (including phenoxy) is 1. The molecule has 2 aliphatic heterocycles. The third-order valence-corrected chi connectivity index (χ3v) is 5.57. The van der Waals surface area contributed by atoms with Crippen molar-refractivity contribution in [1.29, 1.82) is 0 Å². The van der Waals surface area contributed by atoms with E-state index in [0.29, 0.717) is 30.0 Å². The summed E-state index contributed by atoms with van der Waals surface area (Å²) in [6, 6.07) is 4.05. The number of carbonyl (C=O) groups excluding carboxylic acids is 1. The van der Waals surface area contributed by atoms with Crippen LogP contribution in [0, 0.1) is 5.82 Å². The number of benzene rings is 1. The van der Waals surface area contributed by atoms with Crippen LogP contribution in [0.2, 0.25) is 0 Å². The lowest BCUT2D eigenvalue weighted by molar-refractivity contribution is -0.0860. The Kier molecular flexibility index (Phi) is 4.74. The van der Waals surface area contributed by atoms with Gasteiger partial charge in [-0.15, -0.1) is 0 Å². The van der Waals surface area contributed by atoms with Crippen LogP contribution in [0.1, 0.15) is 47.2 Å². The summed E-state index contributed by atoms with van der Waals surface area (Å²) < 4.78 is 22.4. The SMILES string of the molecule is O=C(NCc1ccc(F)cc1-n1cncn1)c1nc2n(c(=O)c1O)CC1CCCC2O1. The number of carbonyl (C=O) groups is 1. The first-order valence-electron chi connectivity index (χ1n) is 9.92. The van der Waals surface area contributed by atoms with Crippen molar-refractivity contribution in [3.8, 4) is 11.4 Å². The van der Waals surface area contributed by atoms with Crippen molar-refractivity contribution in [3.05, 3.63) is 64.1 Å². The van der Waals surface area contributed by atoms with Gasteiger partial charge in [-0.3, -0.25) is 14.2 Å². The van der Waals surface area contributed by atoms with Gasteiger partial charge in [0.05, 0.1) is 18.3 Å². The normalized spacial score (nSPS) is 19.6. The molecule has 0 spiro atoms. The van der Waals surface area contributed by atoms with E-state index in [4.69, 9.17) is 4.74 Å². The highest BCUT2D eigenvalue weighted by molar-refractivity contribution is 5.94.